The molecule has 2 N–H and O–H groups in total. The Kier molecular flexibility index (Phi) is 5.71. The molecule has 2 heterocycles. The SMILES string of the molecule is NC[C@@H]1CN(C(=O)CCc2ncc(-c3ccccc3F)o2)C[C@H]1c1ccccc1. The Balaban J connectivity index is 1.37. The van der Waals surface area contributed by atoms with E-state index in [0.29, 0.717) is 49.7 Å². The molecule has 29 heavy (non-hydrogen) atoms. The number of nitrogens with two attached hydrogens (primary N) is 1. The van der Waals surface area contributed by atoms with Gasteiger partial charge in [-0.2, -0.15) is 0 Å². The lowest BCUT2D eigenvalue weighted by molar-refractivity contribution is -0.130. The van der Waals surface area contributed by atoms with Crippen molar-refractivity contribution in [1.82, 2.24) is 9.88 Å². The van der Waals surface area contributed by atoms with Crippen molar-refractivity contribution < 1.29 is 13.6 Å². The van der Waals surface area contributed by atoms with Crippen LogP contribution in [0, 0.1) is 11.7 Å². The molecule has 0 saturated carbocycles. The minimum atomic E-state index is -0.358. The molecule has 0 aliphatic carbocycles. The van der Waals surface area contributed by atoms with E-state index in [0.717, 1.165) is 0 Å². The number of benzene rings is 2. The van der Waals surface area contributed by atoms with Crippen molar-refractivity contribution >= 4 is 5.91 Å². The van der Waals surface area contributed by atoms with Crippen LogP contribution in [0.3, 0.4) is 0 Å². The van der Waals surface area contributed by atoms with Gasteiger partial charge in [0.25, 0.3) is 0 Å². The van der Waals surface area contributed by atoms with Crippen LogP contribution in [0.1, 0.15) is 23.8 Å². The van der Waals surface area contributed by atoms with Gasteiger partial charge in [-0.1, -0.05) is 42.5 Å². The molecule has 0 radical (unpaired) electrons. The third kappa shape index (κ3) is 4.22. The lowest BCUT2D eigenvalue weighted by atomic mass is 9.89. The zero-order valence-corrected chi connectivity index (χ0v) is 16.1. The standard InChI is InChI=1S/C23H24FN3O2/c24-20-9-5-4-8-18(20)21-13-26-22(29-21)10-11-23(28)27-14-17(12-25)19(15-27)16-6-2-1-3-7-16/h1-9,13,17,19H,10-12,14-15,25H2/t17-,19+/m1/s1. The number of carbonyl (C=O) groups is 1. The molecule has 0 spiro atoms. The summed E-state index contributed by atoms with van der Waals surface area (Å²) in [4.78, 5) is 18.8. The fourth-order valence-corrected chi connectivity index (χ4v) is 3.97. The normalized spacial score (nSPS) is 18.9. The first-order valence-electron chi connectivity index (χ1n) is 9.88. The van der Waals surface area contributed by atoms with Crippen LogP contribution in [-0.2, 0) is 11.2 Å². The maximum Gasteiger partial charge on any atom is 0.223 e. The number of likely N-dealkylation sites (tertiary alicyclic amines) is 1. The second-order valence-corrected chi connectivity index (χ2v) is 7.41. The van der Waals surface area contributed by atoms with E-state index in [1.54, 1.807) is 18.2 Å². The number of amides is 1. The van der Waals surface area contributed by atoms with Crippen molar-refractivity contribution in [3.63, 3.8) is 0 Å². The highest BCUT2D eigenvalue weighted by atomic mass is 19.1. The highest BCUT2D eigenvalue weighted by Crippen LogP contribution is 2.32. The predicted molar refractivity (Wildman–Crippen MR) is 109 cm³/mol. The Hall–Kier alpha value is -2.99. The number of aryl methyl sites for hydroxylation is 1. The first-order valence-corrected chi connectivity index (χ1v) is 9.88. The van der Waals surface area contributed by atoms with Gasteiger partial charge in [0.05, 0.1) is 11.8 Å². The van der Waals surface area contributed by atoms with Crippen LogP contribution in [0.2, 0.25) is 0 Å². The first-order chi connectivity index (χ1) is 14.2. The lowest BCUT2D eigenvalue weighted by Crippen LogP contribution is -2.30. The second-order valence-electron chi connectivity index (χ2n) is 7.41. The molecule has 3 aromatic rings. The number of rotatable bonds is 6. The first kappa shape index (κ1) is 19.3. The smallest absolute Gasteiger partial charge is 0.223 e. The minimum Gasteiger partial charge on any atom is -0.441 e. The number of hydrogen-bond donors (Lipinski definition) is 1. The number of halogens is 1. The average Bonchev–Trinajstić information content (AvgIpc) is 3.40. The highest BCUT2D eigenvalue weighted by molar-refractivity contribution is 5.77. The molecule has 150 valence electrons. The summed E-state index contributed by atoms with van der Waals surface area (Å²) in [6.07, 6.45) is 2.19. The number of hydrogen-bond acceptors (Lipinski definition) is 4. The van der Waals surface area contributed by atoms with Gasteiger partial charge in [-0.15, -0.1) is 0 Å². The largest absolute Gasteiger partial charge is 0.441 e. The predicted octanol–water partition coefficient (Wildman–Crippen LogP) is 3.61. The van der Waals surface area contributed by atoms with Gasteiger partial charge in [-0.3, -0.25) is 4.79 Å². The van der Waals surface area contributed by atoms with E-state index in [-0.39, 0.29) is 23.6 Å². The molecular weight excluding hydrogens is 369 g/mol. The lowest BCUT2D eigenvalue weighted by Gasteiger charge is -2.16. The molecule has 1 fully saturated rings. The summed E-state index contributed by atoms with van der Waals surface area (Å²) >= 11 is 0. The van der Waals surface area contributed by atoms with E-state index in [9.17, 15) is 9.18 Å². The van der Waals surface area contributed by atoms with Gasteiger partial charge < -0.3 is 15.1 Å². The Labute approximate surface area is 169 Å². The van der Waals surface area contributed by atoms with Crippen LogP contribution in [0.5, 0.6) is 0 Å². The molecule has 1 aliphatic heterocycles. The van der Waals surface area contributed by atoms with Crippen molar-refractivity contribution in [2.45, 2.75) is 18.8 Å². The van der Waals surface area contributed by atoms with Crippen LogP contribution in [0.15, 0.2) is 65.2 Å². The Morgan fingerprint density at radius 1 is 1.14 bits per heavy atom. The maximum absolute atomic E-state index is 13.9. The molecule has 1 aliphatic rings. The highest BCUT2D eigenvalue weighted by Gasteiger charge is 2.35. The number of aromatic nitrogens is 1. The molecule has 2 aromatic carbocycles. The average molecular weight is 393 g/mol. The van der Waals surface area contributed by atoms with E-state index in [1.807, 2.05) is 23.1 Å². The van der Waals surface area contributed by atoms with Crippen molar-refractivity contribution in [2.75, 3.05) is 19.6 Å². The molecule has 5 nitrogen and oxygen atoms in total. The van der Waals surface area contributed by atoms with Crippen molar-refractivity contribution in [3.05, 3.63) is 78.1 Å². The topological polar surface area (TPSA) is 72.4 Å². The van der Waals surface area contributed by atoms with Gasteiger partial charge in [0, 0.05) is 31.8 Å². The van der Waals surface area contributed by atoms with Gasteiger partial charge >= 0.3 is 0 Å². The van der Waals surface area contributed by atoms with Crippen LogP contribution >= 0.6 is 0 Å². The van der Waals surface area contributed by atoms with Gasteiger partial charge in [-0.05, 0) is 30.2 Å². The molecule has 2 atom stereocenters. The third-order valence-corrected chi connectivity index (χ3v) is 5.57. The summed E-state index contributed by atoms with van der Waals surface area (Å²) in [5, 5.41) is 0. The summed E-state index contributed by atoms with van der Waals surface area (Å²) in [5.41, 5.74) is 7.56. The van der Waals surface area contributed by atoms with Crippen LogP contribution in [0.4, 0.5) is 4.39 Å². The summed E-state index contributed by atoms with van der Waals surface area (Å²) in [6.45, 7) is 1.90. The number of nitrogens with zero attached hydrogens (tertiary/aromatic N) is 2. The summed E-state index contributed by atoms with van der Waals surface area (Å²) < 4.78 is 19.5. The fourth-order valence-electron chi connectivity index (χ4n) is 3.97. The van der Waals surface area contributed by atoms with E-state index < -0.39 is 0 Å². The van der Waals surface area contributed by atoms with Gasteiger partial charge in [-0.25, -0.2) is 9.37 Å². The molecule has 6 heteroatoms. The van der Waals surface area contributed by atoms with E-state index in [4.69, 9.17) is 10.2 Å². The Bertz CT molecular complexity index is 973. The minimum absolute atomic E-state index is 0.0625. The molecule has 1 amide bonds. The van der Waals surface area contributed by atoms with Crippen molar-refractivity contribution in [3.8, 4) is 11.3 Å². The van der Waals surface area contributed by atoms with E-state index in [1.165, 1.54) is 17.8 Å². The fraction of sp³-hybridized carbons (Fsp3) is 0.304. The monoisotopic (exact) mass is 393 g/mol. The summed E-state index contributed by atoms with van der Waals surface area (Å²) in [5.74, 6) is 1.04. The Morgan fingerprint density at radius 2 is 1.90 bits per heavy atom. The quantitative estimate of drug-likeness (QED) is 0.694. The van der Waals surface area contributed by atoms with Crippen molar-refractivity contribution in [1.29, 1.82) is 0 Å². The van der Waals surface area contributed by atoms with Crippen molar-refractivity contribution in [2.24, 2.45) is 11.7 Å². The summed E-state index contributed by atoms with van der Waals surface area (Å²) in [7, 11) is 0. The van der Waals surface area contributed by atoms with Crippen LogP contribution < -0.4 is 5.73 Å². The van der Waals surface area contributed by atoms with E-state index >= 15 is 0 Å². The van der Waals surface area contributed by atoms with Gasteiger partial charge in [0.2, 0.25) is 5.91 Å². The maximum atomic E-state index is 13.9. The van der Waals surface area contributed by atoms with Gasteiger partial charge in [0.15, 0.2) is 11.7 Å². The van der Waals surface area contributed by atoms with Crippen LogP contribution in [-0.4, -0.2) is 35.4 Å². The third-order valence-electron chi connectivity index (χ3n) is 5.57. The van der Waals surface area contributed by atoms with Gasteiger partial charge in [0.1, 0.15) is 5.82 Å². The molecule has 1 aromatic heterocycles. The number of carbonyl (C=O) groups excluding carboxylic acids is 1. The molecular formula is C23H24FN3O2. The zero-order chi connectivity index (χ0) is 20.2. The van der Waals surface area contributed by atoms with Crippen LogP contribution in [0.25, 0.3) is 11.3 Å². The second kappa shape index (κ2) is 8.57. The molecule has 0 unspecified atom stereocenters. The Morgan fingerprint density at radius 3 is 2.66 bits per heavy atom. The summed E-state index contributed by atoms with van der Waals surface area (Å²) in [6, 6.07) is 16.6. The van der Waals surface area contributed by atoms with E-state index in [2.05, 4.69) is 17.1 Å². The molecule has 1 saturated heterocycles. The zero-order valence-electron chi connectivity index (χ0n) is 16.1. The molecule has 0 bridgehead atoms. The number of oxazole rings is 1. The molecule has 4 rings (SSSR count).